The Kier molecular flexibility index (Phi) is 7.08. The zero-order valence-electron chi connectivity index (χ0n) is 14.4. The number of hydrazine groups is 1. The number of nitrogens with two attached hydrogens (primary N) is 5. The molecule has 10 nitrogen and oxygen atoms in total. The van der Waals surface area contributed by atoms with E-state index in [1.165, 1.54) is 0 Å². The number of piperidine rings is 1. The molecular weight excluding hydrogens is 376 g/mol. The number of anilines is 1. The van der Waals surface area contributed by atoms with Crippen LogP contribution >= 0.6 is 11.9 Å². The van der Waals surface area contributed by atoms with Crippen LogP contribution in [0.5, 0.6) is 0 Å². The van der Waals surface area contributed by atoms with Gasteiger partial charge in [0.2, 0.25) is 10.0 Å². The third-order valence-corrected chi connectivity index (χ3v) is 6.20. The van der Waals surface area contributed by atoms with Crippen LogP contribution in [0.15, 0.2) is 27.0 Å². The summed E-state index contributed by atoms with van der Waals surface area (Å²) in [5.41, 5.74) is 14.6. The van der Waals surface area contributed by atoms with Crippen molar-refractivity contribution >= 4 is 33.5 Å². The lowest BCUT2D eigenvalue weighted by Gasteiger charge is -2.35. The fourth-order valence-corrected chi connectivity index (χ4v) is 4.95. The van der Waals surface area contributed by atoms with Crippen molar-refractivity contribution in [1.29, 1.82) is 0 Å². The first kappa shape index (κ1) is 20.7. The number of primary sulfonamides is 1. The molecule has 1 aliphatic rings. The second-order valence-corrected chi connectivity index (χ2v) is 8.26. The van der Waals surface area contributed by atoms with Crippen LogP contribution in [0.2, 0.25) is 0 Å². The van der Waals surface area contributed by atoms with Gasteiger partial charge in [0.25, 0.3) is 0 Å². The molecule has 0 unspecified atom stereocenters. The largest absolute Gasteiger partial charge is 0.382 e. The lowest BCUT2D eigenvalue weighted by atomic mass is 9.93. The Bertz CT molecular complexity index is 760. The molecule has 1 saturated heterocycles. The number of hydrogen-bond acceptors (Lipinski definition) is 9. The molecule has 0 aromatic heterocycles. The molecule has 0 radical (unpaired) electrons. The minimum absolute atomic E-state index is 0.0773. The van der Waals surface area contributed by atoms with Crippen LogP contribution in [0, 0.1) is 5.92 Å². The number of benzene rings is 1. The second kappa shape index (κ2) is 8.88. The molecular formula is C14H26N8O2S2. The quantitative estimate of drug-likeness (QED) is 0.108. The van der Waals surface area contributed by atoms with E-state index in [1.807, 2.05) is 0 Å². The van der Waals surface area contributed by atoms with Gasteiger partial charge >= 0.3 is 0 Å². The van der Waals surface area contributed by atoms with E-state index in [4.69, 9.17) is 27.6 Å². The Labute approximate surface area is 157 Å². The van der Waals surface area contributed by atoms with Gasteiger partial charge in [-0.1, -0.05) is 0 Å². The maximum Gasteiger partial charge on any atom is 0.240 e. The van der Waals surface area contributed by atoms with Crippen LogP contribution in [-0.2, 0) is 10.0 Å². The molecule has 1 heterocycles. The molecule has 0 spiro atoms. The van der Waals surface area contributed by atoms with Crippen LogP contribution < -0.4 is 38.0 Å². The molecule has 0 atom stereocenters. The van der Waals surface area contributed by atoms with Crippen molar-refractivity contribution < 1.29 is 8.42 Å². The van der Waals surface area contributed by atoms with Gasteiger partial charge in [0.1, 0.15) is 4.90 Å². The van der Waals surface area contributed by atoms with Crippen LogP contribution in [0.25, 0.3) is 0 Å². The number of hydrazone groups is 1. The number of hydrogen-bond donors (Lipinski definition) is 6. The minimum atomic E-state index is -4.09. The van der Waals surface area contributed by atoms with Crippen molar-refractivity contribution in [1.82, 2.24) is 5.53 Å². The van der Waals surface area contributed by atoms with Gasteiger partial charge < -0.3 is 16.4 Å². The highest BCUT2D eigenvalue weighted by atomic mass is 32.2. The molecule has 146 valence electrons. The molecule has 1 fully saturated rings. The van der Waals surface area contributed by atoms with Crippen molar-refractivity contribution in [2.75, 3.05) is 24.5 Å². The summed E-state index contributed by atoms with van der Waals surface area (Å²) in [5.74, 6) is 5.71. The smallest absolute Gasteiger partial charge is 0.240 e. The van der Waals surface area contributed by atoms with Crippen molar-refractivity contribution in [2.45, 2.75) is 29.1 Å². The van der Waals surface area contributed by atoms with Crippen molar-refractivity contribution in [3.63, 3.8) is 0 Å². The highest BCUT2D eigenvalue weighted by Gasteiger charge is 2.28. The van der Waals surface area contributed by atoms with Crippen molar-refractivity contribution in [2.24, 2.45) is 38.6 Å². The molecule has 0 amide bonds. The number of amidine groups is 1. The zero-order chi connectivity index (χ0) is 19.3. The third kappa shape index (κ3) is 4.58. The van der Waals surface area contributed by atoms with E-state index in [-0.39, 0.29) is 16.3 Å². The fourth-order valence-electron chi connectivity index (χ4n) is 3.26. The van der Waals surface area contributed by atoms with Gasteiger partial charge in [-0.2, -0.15) is 0 Å². The Morgan fingerprint density at radius 2 is 2.00 bits per heavy atom. The average molecular weight is 403 g/mol. The highest BCUT2D eigenvalue weighted by molar-refractivity contribution is 7.98. The lowest BCUT2D eigenvalue weighted by molar-refractivity contribution is 0.386. The van der Waals surface area contributed by atoms with Crippen molar-refractivity contribution in [3.8, 4) is 0 Å². The summed E-state index contributed by atoms with van der Waals surface area (Å²) in [7, 11) is -4.09. The van der Waals surface area contributed by atoms with Crippen LogP contribution in [0.1, 0.15) is 24.8 Å². The standard InChI is InChI=1S/C14H26N8O2S2/c15-6-3-9-4-7-22(8-5-9)10-1-2-11(25-18)13(26(19,23)24)12(10)14(16)20-21-17/h1-2,9,21H,3-8,15,17-18H2,(H2,16,20)(H2,19,23,24). The summed E-state index contributed by atoms with van der Waals surface area (Å²) in [6.07, 6.45) is 2.90. The van der Waals surface area contributed by atoms with Gasteiger partial charge in [-0.25, -0.2) is 24.9 Å². The molecule has 12 heteroatoms. The first-order valence-corrected chi connectivity index (χ1v) is 10.6. The van der Waals surface area contributed by atoms with Gasteiger partial charge in [-0.3, -0.25) is 5.14 Å². The molecule has 2 rings (SSSR count). The number of nitrogens with zero attached hydrogens (tertiary/aromatic N) is 2. The first-order chi connectivity index (χ1) is 12.3. The first-order valence-electron chi connectivity index (χ1n) is 8.14. The minimum Gasteiger partial charge on any atom is -0.382 e. The summed E-state index contributed by atoms with van der Waals surface area (Å²) < 4.78 is 24.5. The number of nitrogens with one attached hydrogen (secondary N) is 1. The predicted octanol–water partition coefficient (Wildman–Crippen LogP) is -1.05. The number of sulfonamides is 1. The topological polar surface area (TPSA) is 192 Å². The van der Waals surface area contributed by atoms with Gasteiger partial charge in [0, 0.05) is 23.7 Å². The maximum absolute atomic E-state index is 12.2. The molecule has 1 aromatic carbocycles. The summed E-state index contributed by atoms with van der Waals surface area (Å²) >= 11 is 0.781. The normalized spacial score (nSPS) is 16.8. The van der Waals surface area contributed by atoms with Crippen LogP contribution in [-0.4, -0.2) is 33.9 Å². The van der Waals surface area contributed by atoms with Crippen LogP contribution in [0.4, 0.5) is 5.69 Å². The summed E-state index contributed by atoms with van der Waals surface area (Å²) in [5, 5.41) is 14.8. The fraction of sp³-hybridized carbons (Fsp3) is 0.500. The predicted molar refractivity (Wildman–Crippen MR) is 105 cm³/mol. The average Bonchev–Trinajstić information content (AvgIpc) is 2.61. The molecule has 11 N–H and O–H groups in total. The lowest BCUT2D eigenvalue weighted by Crippen LogP contribution is -2.37. The summed E-state index contributed by atoms with van der Waals surface area (Å²) in [6.45, 7) is 2.16. The Balaban J connectivity index is 2.55. The maximum atomic E-state index is 12.2. The Hall–Kier alpha value is -1.57. The van der Waals surface area contributed by atoms with Gasteiger partial charge in [0.05, 0.1) is 5.56 Å². The molecule has 1 aromatic rings. The molecule has 0 aliphatic carbocycles. The SMILES string of the molecule is NCCC1CCN(c2ccc(SN)c(S(N)(=O)=O)c2/C(N)=N/NN)CC1. The molecule has 26 heavy (non-hydrogen) atoms. The summed E-state index contributed by atoms with van der Waals surface area (Å²) in [4.78, 5) is 2.21. The highest BCUT2D eigenvalue weighted by Crippen LogP contribution is 2.35. The van der Waals surface area contributed by atoms with E-state index in [9.17, 15) is 8.42 Å². The van der Waals surface area contributed by atoms with E-state index in [1.54, 1.807) is 12.1 Å². The summed E-state index contributed by atoms with van der Waals surface area (Å²) in [6, 6.07) is 3.40. The molecule has 0 bridgehead atoms. The molecule has 1 aliphatic heterocycles. The molecule has 0 saturated carbocycles. The second-order valence-electron chi connectivity index (χ2n) is 6.08. The zero-order valence-corrected chi connectivity index (χ0v) is 16.0. The van der Waals surface area contributed by atoms with E-state index < -0.39 is 10.0 Å². The Morgan fingerprint density at radius 3 is 2.50 bits per heavy atom. The monoisotopic (exact) mass is 402 g/mol. The van der Waals surface area contributed by atoms with E-state index in [0.29, 0.717) is 23.0 Å². The van der Waals surface area contributed by atoms with E-state index in [0.717, 1.165) is 44.3 Å². The van der Waals surface area contributed by atoms with Gasteiger partial charge in [-0.05, 0) is 55.8 Å². The van der Waals surface area contributed by atoms with Crippen LogP contribution in [0.3, 0.4) is 0 Å². The van der Waals surface area contributed by atoms with Crippen molar-refractivity contribution in [3.05, 3.63) is 17.7 Å². The van der Waals surface area contributed by atoms with Gasteiger partial charge in [-0.15, -0.1) is 5.10 Å². The Morgan fingerprint density at radius 1 is 1.35 bits per heavy atom. The number of rotatable bonds is 7. The van der Waals surface area contributed by atoms with Gasteiger partial charge in [0.15, 0.2) is 5.84 Å². The van der Waals surface area contributed by atoms with E-state index >= 15 is 0 Å². The van der Waals surface area contributed by atoms with E-state index in [2.05, 4.69) is 15.5 Å². The third-order valence-electron chi connectivity index (χ3n) is 4.48.